The number of halogens is 1. The third-order valence-electron chi connectivity index (χ3n) is 3.33. The minimum Gasteiger partial charge on any atom is -0.492 e. The van der Waals surface area contributed by atoms with E-state index in [2.05, 4.69) is 9.80 Å². The SMILES string of the molecule is Cl.NCCN1CCN(CCOc2ccccc2)CC1. The highest BCUT2D eigenvalue weighted by Gasteiger charge is 2.15. The van der Waals surface area contributed by atoms with Crippen LogP contribution in [-0.2, 0) is 0 Å². The molecule has 0 aliphatic carbocycles. The third kappa shape index (κ3) is 5.78. The van der Waals surface area contributed by atoms with Gasteiger partial charge in [-0.1, -0.05) is 18.2 Å². The fourth-order valence-corrected chi connectivity index (χ4v) is 2.23. The Kier molecular flexibility index (Phi) is 7.82. The highest BCUT2D eigenvalue weighted by Crippen LogP contribution is 2.08. The number of para-hydroxylation sites is 1. The standard InChI is InChI=1S/C14H23N3O.ClH/c15-6-7-16-8-10-17(11-9-16)12-13-18-14-4-2-1-3-5-14;/h1-5H,6-13,15H2;1H. The summed E-state index contributed by atoms with van der Waals surface area (Å²) < 4.78 is 5.71. The van der Waals surface area contributed by atoms with Gasteiger partial charge in [-0.15, -0.1) is 12.4 Å². The van der Waals surface area contributed by atoms with E-state index in [0.29, 0.717) is 0 Å². The van der Waals surface area contributed by atoms with Gasteiger partial charge in [-0.25, -0.2) is 0 Å². The van der Waals surface area contributed by atoms with Crippen LogP contribution in [0.3, 0.4) is 0 Å². The van der Waals surface area contributed by atoms with Gasteiger partial charge in [0, 0.05) is 45.8 Å². The number of ether oxygens (including phenoxy) is 1. The van der Waals surface area contributed by atoms with Gasteiger partial charge in [-0.3, -0.25) is 9.80 Å². The Bertz CT molecular complexity index is 329. The molecule has 1 fully saturated rings. The monoisotopic (exact) mass is 285 g/mol. The minimum absolute atomic E-state index is 0. The second-order valence-corrected chi connectivity index (χ2v) is 4.63. The van der Waals surface area contributed by atoms with E-state index in [1.807, 2.05) is 30.3 Å². The molecule has 108 valence electrons. The molecule has 1 heterocycles. The van der Waals surface area contributed by atoms with E-state index in [0.717, 1.165) is 58.2 Å². The van der Waals surface area contributed by atoms with Crippen molar-refractivity contribution < 1.29 is 4.74 Å². The molecule has 0 atom stereocenters. The number of benzene rings is 1. The lowest BCUT2D eigenvalue weighted by molar-refractivity contribution is 0.119. The molecule has 0 amide bonds. The molecule has 0 radical (unpaired) electrons. The van der Waals surface area contributed by atoms with Gasteiger partial charge in [0.15, 0.2) is 0 Å². The van der Waals surface area contributed by atoms with Crippen molar-refractivity contribution in [2.45, 2.75) is 0 Å². The van der Waals surface area contributed by atoms with Gasteiger partial charge in [0.05, 0.1) is 0 Å². The molecule has 0 bridgehead atoms. The van der Waals surface area contributed by atoms with Crippen LogP contribution in [0, 0.1) is 0 Å². The van der Waals surface area contributed by atoms with Crippen LogP contribution in [0.2, 0.25) is 0 Å². The van der Waals surface area contributed by atoms with Crippen molar-refractivity contribution in [3.8, 4) is 5.75 Å². The fraction of sp³-hybridized carbons (Fsp3) is 0.571. The number of piperazine rings is 1. The normalized spacial score (nSPS) is 16.9. The first-order valence-electron chi connectivity index (χ1n) is 6.71. The quantitative estimate of drug-likeness (QED) is 0.849. The fourth-order valence-electron chi connectivity index (χ4n) is 2.23. The second kappa shape index (κ2) is 9.15. The van der Waals surface area contributed by atoms with E-state index in [9.17, 15) is 0 Å². The van der Waals surface area contributed by atoms with Gasteiger partial charge in [0.1, 0.15) is 12.4 Å². The summed E-state index contributed by atoms with van der Waals surface area (Å²) in [6, 6.07) is 10.0. The van der Waals surface area contributed by atoms with E-state index < -0.39 is 0 Å². The van der Waals surface area contributed by atoms with Crippen molar-refractivity contribution in [2.75, 3.05) is 52.4 Å². The Morgan fingerprint density at radius 3 is 2.11 bits per heavy atom. The molecule has 0 saturated carbocycles. The molecule has 0 aromatic heterocycles. The van der Waals surface area contributed by atoms with E-state index >= 15 is 0 Å². The predicted molar refractivity (Wildman–Crippen MR) is 81.1 cm³/mol. The molecule has 1 aliphatic rings. The molecule has 2 N–H and O–H groups in total. The zero-order valence-electron chi connectivity index (χ0n) is 11.3. The number of hydrogen-bond donors (Lipinski definition) is 1. The third-order valence-corrected chi connectivity index (χ3v) is 3.33. The Labute approximate surface area is 121 Å². The van der Waals surface area contributed by atoms with Crippen molar-refractivity contribution >= 4 is 12.4 Å². The van der Waals surface area contributed by atoms with E-state index in [4.69, 9.17) is 10.5 Å². The summed E-state index contributed by atoms with van der Waals surface area (Å²) in [6.45, 7) is 8.05. The molecule has 1 aliphatic heterocycles. The van der Waals surface area contributed by atoms with Gasteiger partial charge in [0.25, 0.3) is 0 Å². The summed E-state index contributed by atoms with van der Waals surface area (Å²) in [6.07, 6.45) is 0. The molecule has 4 nitrogen and oxygen atoms in total. The number of nitrogens with zero attached hydrogens (tertiary/aromatic N) is 2. The van der Waals surface area contributed by atoms with Crippen molar-refractivity contribution in [3.63, 3.8) is 0 Å². The Morgan fingerprint density at radius 1 is 0.947 bits per heavy atom. The van der Waals surface area contributed by atoms with Crippen LogP contribution in [0.4, 0.5) is 0 Å². The van der Waals surface area contributed by atoms with E-state index in [-0.39, 0.29) is 12.4 Å². The van der Waals surface area contributed by atoms with Crippen LogP contribution < -0.4 is 10.5 Å². The summed E-state index contributed by atoms with van der Waals surface area (Å²) in [5, 5.41) is 0. The first-order chi connectivity index (χ1) is 8.88. The summed E-state index contributed by atoms with van der Waals surface area (Å²) in [7, 11) is 0. The largest absolute Gasteiger partial charge is 0.492 e. The van der Waals surface area contributed by atoms with Crippen LogP contribution in [0.1, 0.15) is 0 Å². The van der Waals surface area contributed by atoms with Crippen LogP contribution in [0.15, 0.2) is 30.3 Å². The van der Waals surface area contributed by atoms with Crippen molar-refractivity contribution in [2.24, 2.45) is 5.73 Å². The minimum atomic E-state index is 0. The van der Waals surface area contributed by atoms with E-state index in [1.165, 1.54) is 0 Å². The molecule has 0 spiro atoms. The maximum atomic E-state index is 5.71. The van der Waals surface area contributed by atoms with Crippen molar-refractivity contribution in [1.82, 2.24) is 9.80 Å². The lowest BCUT2D eigenvalue weighted by atomic mass is 10.3. The summed E-state index contributed by atoms with van der Waals surface area (Å²) >= 11 is 0. The highest BCUT2D eigenvalue weighted by atomic mass is 35.5. The molecule has 1 aromatic rings. The molecular formula is C14H24ClN3O. The van der Waals surface area contributed by atoms with Gasteiger partial charge >= 0.3 is 0 Å². The van der Waals surface area contributed by atoms with Crippen LogP contribution in [0.5, 0.6) is 5.75 Å². The van der Waals surface area contributed by atoms with Crippen LogP contribution in [0.25, 0.3) is 0 Å². The summed E-state index contributed by atoms with van der Waals surface area (Å²) in [5.41, 5.74) is 5.56. The zero-order valence-corrected chi connectivity index (χ0v) is 12.1. The smallest absolute Gasteiger partial charge is 0.119 e. The first kappa shape index (κ1) is 16.2. The predicted octanol–water partition coefficient (Wildman–Crippen LogP) is 1.06. The zero-order chi connectivity index (χ0) is 12.6. The lowest BCUT2D eigenvalue weighted by Crippen LogP contribution is -2.48. The Hall–Kier alpha value is -0.810. The van der Waals surface area contributed by atoms with E-state index in [1.54, 1.807) is 0 Å². The molecule has 1 aromatic carbocycles. The van der Waals surface area contributed by atoms with Gasteiger partial charge in [-0.2, -0.15) is 0 Å². The first-order valence-corrected chi connectivity index (χ1v) is 6.71. The molecule has 19 heavy (non-hydrogen) atoms. The van der Waals surface area contributed by atoms with Crippen molar-refractivity contribution in [3.05, 3.63) is 30.3 Å². The number of rotatable bonds is 6. The highest BCUT2D eigenvalue weighted by molar-refractivity contribution is 5.85. The Balaban J connectivity index is 0.00000180. The van der Waals surface area contributed by atoms with Crippen LogP contribution >= 0.6 is 12.4 Å². The van der Waals surface area contributed by atoms with Gasteiger partial charge in [0.2, 0.25) is 0 Å². The molecule has 5 heteroatoms. The van der Waals surface area contributed by atoms with Gasteiger partial charge in [-0.05, 0) is 12.1 Å². The number of hydrogen-bond acceptors (Lipinski definition) is 4. The maximum absolute atomic E-state index is 5.71. The second-order valence-electron chi connectivity index (χ2n) is 4.63. The number of nitrogens with two attached hydrogens (primary N) is 1. The van der Waals surface area contributed by atoms with Gasteiger partial charge < -0.3 is 10.5 Å². The molecular weight excluding hydrogens is 262 g/mol. The maximum Gasteiger partial charge on any atom is 0.119 e. The summed E-state index contributed by atoms with van der Waals surface area (Å²) in [5.74, 6) is 0.958. The lowest BCUT2D eigenvalue weighted by Gasteiger charge is -2.34. The van der Waals surface area contributed by atoms with Crippen LogP contribution in [-0.4, -0.2) is 62.2 Å². The topological polar surface area (TPSA) is 41.7 Å². The molecule has 2 rings (SSSR count). The molecule has 0 unspecified atom stereocenters. The Morgan fingerprint density at radius 2 is 1.53 bits per heavy atom. The summed E-state index contributed by atoms with van der Waals surface area (Å²) in [4.78, 5) is 4.88. The average molecular weight is 286 g/mol. The average Bonchev–Trinajstić information content (AvgIpc) is 2.42. The molecule has 1 saturated heterocycles. The van der Waals surface area contributed by atoms with Crippen molar-refractivity contribution in [1.29, 1.82) is 0 Å².